The summed E-state index contributed by atoms with van der Waals surface area (Å²) < 4.78 is 1.04. The number of nitrogens with zero attached hydrogens (tertiary/aromatic N) is 1. The number of thiophene rings is 1. The van der Waals surface area contributed by atoms with Crippen molar-refractivity contribution in [2.45, 2.75) is 13.0 Å². The molecule has 1 unspecified atom stereocenters. The lowest BCUT2D eigenvalue weighted by Crippen LogP contribution is -2.32. The molecule has 0 bridgehead atoms. The number of thiazole rings is 1. The molecule has 0 aliphatic heterocycles. The van der Waals surface area contributed by atoms with Gasteiger partial charge in [0.25, 0.3) is 0 Å². The first kappa shape index (κ1) is 15.0. The van der Waals surface area contributed by atoms with Gasteiger partial charge in [0, 0.05) is 12.2 Å². The number of aromatic nitrogens is 1. The molecular formula is C15H15N3O2S2. The Morgan fingerprint density at radius 2 is 2.27 bits per heavy atom. The zero-order chi connectivity index (χ0) is 15.5. The summed E-state index contributed by atoms with van der Waals surface area (Å²) >= 11 is 3.10. The fraction of sp³-hybridized carbons (Fsp3) is 0.200. The standard InChI is InChI=1S/C15H15N3O2S2/c1-9-17-12-3-2-11(6-14(12)22-9)18-15(20)16-7-13(19)10-4-5-21-8-10/h2-6,8,13,19H,7H2,1H3,(H2,16,18,20). The largest absolute Gasteiger partial charge is 0.387 e. The van der Waals surface area contributed by atoms with Gasteiger partial charge in [-0.15, -0.1) is 11.3 Å². The van der Waals surface area contributed by atoms with E-state index >= 15 is 0 Å². The van der Waals surface area contributed by atoms with Crippen molar-refractivity contribution in [2.75, 3.05) is 11.9 Å². The van der Waals surface area contributed by atoms with Gasteiger partial charge >= 0.3 is 6.03 Å². The third-order valence-corrected chi connectivity index (χ3v) is 4.77. The number of hydrogen-bond donors (Lipinski definition) is 3. The highest BCUT2D eigenvalue weighted by Gasteiger charge is 2.10. The van der Waals surface area contributed by atoms with Gasteiger partial charge in [-0.1, -0.05) is 0 Å². The van der Waals surface area contributed by atoms with Gasteiger partial charge in [-0.25, -0.2) is 9.78 Å². The highest BCUT2D eigenvalue weighted by atomic mass is 32.1. The molecule has 2 amide bonds. The van der Waals surface area contributed by atoms with Gasteiger partial charge in [-0.2, -0.15) is 11.3 Å². The van der Waals surface area contributed by atoms with Crippen LogP contribution in [0, 0.1) is 6.92 Å². The number of amides is 2. The van der Waals surface area contributed by atoms with Crippen LogP contribution in [0.3, 0.4) is 0 Å². The summed E-state index contributed by atoms with van der Waals surface area (Å²) in [5, 5.41) is 20.1. The van der Waals surface area contributed by atoms with Crippen LogP contribution in [0.4, 0.5) is 10.5 Å². The van der Waals surface area contributed by atoms with E-state index in [1.165, 1.54) is 11.3 Å². The lowest BCUT2D eigenvalue weighted by molar-refractivity contribution is 0.175. The monoisotopic (exact) mass is 333 g/mol. The Balaban J connectivity index is 1.58. The lowest BCUT2D eigenvalue weighted by Gasteiger charge is -2.11. The van der Waals surface area contributed by atoms with Crippen molar-refractivity contribution in [3.05, 3.63) is 45.6 Å². The first-order valence-corrected chi connectivity index (χ1v) is 8.50. The molecule has 0 spiro atoms. The van der Waals surface area contributed by atoms with E-state index in [4.69, 9.17) is 0 Å². The summed E-state index contributed by atoms with van der Waals surface area (Å²) in [5.41, 5.74) is 2.45. The summed E-state index contributed by atoms with van der Waals surface area (Å²) in [7, 11) is 0. The molecule has 0 aliphatic carbocycles. The summed E-state index contributed by atoms with van der Waals surface area (Å²) in [5.74, 6) is 0. The molecule has 114 valence electrons. The maximum absolute atomic E-state index is 11.9. The van der Waals surface area contributed by atoms with E-state index in [1.807, 2.05) is 41.9 Å². The number of benzene rings is 1. The molecule has 3 rings (SSSR count). The van der Waals surface area contributed by atoms with Crippen LogP contribution in [0.25, 0.3) is 10.2 Å². The number of nitrogens with one attached hydrogen (secondary N) is 2. The number of anilines is 1. The second-order valence-electron chi connectivity index (χ2n) is 4.82. The molecule has 22 heavy (non-hydrogen) atoms. The molecule has 7 heteroatoms. The summed E-state index contributed by atoms with van der Waals surface area (Å²) in [6.07, 6.45) is -0.691. The molecule has 0 radical (unpaired) electrons. The molecule has 0 aliphatic rings. The minimum Gasteiger partial charge on any atom is -0.387 e. The maximum Gasteiger partial charge on any atom is 0.319 e. The van der Waals surface area contributed by atoms with Crippen molar-refractivity contribution in [3.8, 4) is 0 Å². The number of fused-ring (bicyclic) bond motifs is 1. The van der Waals surface area contributed by atoms with Crippen molar-refractivity contribution in [2.24, 2.45) is 0 Å². The molecule has 1 atom stereocenters. The van der Waals surface area contributed by atoms with Gasteiger partial charge in [0.05, 0.1) is 21.3 Å². The van der Waals surface area contributed by atoms with Crippen LogP contribution < -0.4 is 10.6 Å². The van der Waals surface area contributed by atoms with Crippen molar-refractivity contribution in [1.29, 1.82) is 0 Å². The molecule has 0 saturated carbocycles. The second-order valence-corrected chi connectivity index (χ2v) is 6.84. The highest BCUT2D eigenvalue weighted by molar-refractivity contribution is 7.18. The lowest BCUT2D eigenvalue weighted by atomic mass is 10.2. The summed E-state index contributed by atoms with van der Waals surface area (Å²) in [4.78, 5) is 16.3. The highest BCUT2D eigenvalue weighted by Crippen LogP contribution is 2.24. The Morgan fingerprint density at radius 3 is 3.05 bits per heavy atom. The van der Waals surface area contributed by atoms with E-state index in [-0.39, 0.29) is 12.6 Å². The van der Waals surface area contributed by atoms with Crippen LogP contribution >= 0.6 is 22.7 Å². The van der Waals surface area contributed by atoms with Crippen LogP contribution in [0.15, 0.2) is 35.0 Å². The average molecular weight is 333 g/mol. The fourth-order valence-corrected chi connectivity index (χ4v) is 3.64. The number of carbonyl (C=O) groups excluding carboxylic acids is 1. The molecular weight excluding hydrogens is 318 g/mol. The average Bonchev–Trinajstić information content (AvgIpc) is 3.12. The predicted molar refractivity (Wildman–Crippen MR) is 90.7 cm³/mol. The van der Waals surface area contributed by atoms with Crippen molar-refractivity contribution < 1.29 is 9.90 Å². The van der Waals surface area contributed by atoms with Gasteiger partial charge < -0.3 is 15.7 Å². The number of aryl methyl sites for hydroxylation is 1. The van der Waals surface area contributed by atoms with E-state index in [9.17, 15) is 9.90 Å². The number of carbonyl (C=O) groups is 1. The van der Waals surface area contributed by atoms with Gasteiger partial charge in [0.1, 0.15) is 0 Å². The zero-order valence-corrected chi connectivity index (χ0v) is 13.5. The number of urea groups is 1. The normalized spacial score (nSPS) is 12.3. The smallest absolute Gasteiger partial charge is 0.319 e. The Bertz CT molecular complexity index is 783. The van der Waals surface area contributed by atoms with Crippen LogP contribution in [-0.2, 0) is 0 Å². The van der Waals surface area contributed by atoms with Gasteiger partial charge in [0.2, 0.25) is 0 Å². The fourth-order valence-electron chi connectivity index (χ4n) is 2.06. The van der Waals surface area contributed by atoms with Gasteiger partial charge in [0.15, 0.2) is 0 Å². The molecule has 0 saturated heterocycles. The first-order valence-electron chi connectivity index (χ1n) is 6.74. The molecule has 5 nitrogen and oxygen atoms in total. The zero-order valence-electron chi connectivity index (χ0n) is 11.9. The minimum absolute atomic E-state index is 0.171. The number of aliphatic hydroxyl groups excluding tert-OH is 1. The Kier molecular flexibility index (Phi) is 4.37. The second kappa shape index (κ2) is 6.43. The molecule has 3 aromatic rings. The molecule has 2 heterocycles. The number of rotatable bonds is 4. The molecule has 3 N–H and O–H groups in total. The maximum atomic E-state index is 11.9. The van der Waals surface area contributed by atoms with Crippen molar-refractivity contribution in [3.63, 3.8) is 0 Å². The first-order chi connectivity index (χ1) is 10.6. The molecule has 1 aromatic carbocycles. The minimum atomic E-state index is -0.691. The van der Waals surface area contributed by atoms with Gasteiger partial charge in [-0.05, 0) is 47.5 Å². The summed E-state index contributed by atoms with van der Waals surface area (Å²) in [6, 6.07) is 7.10. The van der Waals surface area contributed by atoms with Crippen LogP contribution in [0.2, 0.25) is 0 Å². The Labute approximate surface area is 135 Å². The molecule has 0 fully saturated rings. The van der Waals surface area contributed by atoms with E-state index < -0.39 is 6.10 Å². The Morgan fingerprint density at radius 1 is 1.41 bits per heavy atom. The van der Waals surface area contributed by atoms with Crippen LogP contribution in [0.1, 0.15) is 16.7 Å². The Hall–Kier alpha value is -1.96. The number of hydrogen-bond acceptors (Lipinski definition) is 5. The topological polar surface area (TPSA) is 74.2 Å². The predicted octanol–water partition coefficient (Wildman–Crippen LogP) is 3.52. The number of aliphatic hydroxyl groups is 1. The third kappa shape index (κ3) is 3.44. The SMILES string of the molecule is Cc1nc2ccc(NC(=O)NCC(O)c3ccsc3)cc2s1. The van der Waals surface area contributed by atoms with E-state index in [1.54, 1.807) is 11.3 Å². The van der Waals surface area contributed by atoms with Gasteiger partial charge in [-0.3, -0.25) is 0 Å². The molecule has 2 aromatic heterocycles. The third-order valence-electron chi connectivity index (χ3n) is 3.14. The van der Waals surface area contributed by atoms with Crippen molar-refractivity contribution >= 4 is 44.6 Å². The van der Waals surface area contributed by atoms with Crippen molar-refractivity contribution in [1.82, 2.24) is 10.3 Å². The van der Waals surface area contributed by atoms with E-state index in [0.29, 0.717) is 5.69 Å². The summed E-state index contributed by atoms with van der Waals surface area (Å²) in [6.45, 7) is 2.13. The van der Waals surface area contributed by atoms with E-state index in [2.05, 4.69) is 15.6 Å². The van der Waals surface area contributed by atoms with Crippen LogP contribution in [0.5, 0.6) is 0 Å². The quantitative estimate of drug-likeness (QED) is 0.684. The van der Waals surface area contributed by atoms with Crippen LogP contribution in [-0.4, -0.2) is 22.7 Å². The van der Waals surface area contributed by atoms with E-state index in [0.717, 1.165) is 20.8 Å².